The van der Waals surface area contributed by atoms with E-state index in [0.717, 1.165) is 11.1 Å². The average Bonchev–Trinajstić information content (AvgIpc) is 3.12. The summed E-state index contributed by atoms with van der Waals surface area (Å²) in [4.78, 5) is 0. The van der Waals surface area contributed by atoms with Crippen LogP contribution in [0, 0.1) is 11.3 Å². The molecule has 0 radical (unpaired) electrons. The Morgan fingerprint density at radius 3 is 2.52 bits per heavy atom. The first kappa shape index (κ1) is 17.3. The molecule has 7 heteroatoms. The Bertz CT molecular complexity index is 1130. The SMILES string of the molecule is N#CC1=C(N)Oc2cc(N)ccc2[C@@H]1c1ccc(-c2ccc(Cl)c(Cl)c2)o1. The molecular formula is C20H13Cl2N3O2. The number of nitrogens with two attached hydrogens (primary N) is 2. The normalized spacial score (nSPS) is 15.8. The minimum Gasteiger partial charge on any atom is -0.460 e. The van der Waals surface area contributed by atoms with Crippen molar-refractivity contribution in [3.63, 3.8) is 0 Å². The molecule has 134 valence electrons. The molecular weight excluding hydrogens is 385 g/mol. The number of nitriles is 1. The average molecular weight is 398 g/mol. The topological polar surface area (TPSA) is 98.2 Å². The minimum atomic E-state index is -0.490. The lowest BCUT2D eigenvalue weighted by molar-refractivity contribution is 0.385. The predicted molar refractivity (Wildman–Crippen MR) is 104 cm³/mol. The summed E-state index contributed by atoms with van der Waals surface area (Å²) in [7, 11) is 0. The predicted octanol–water partition coefficient (Wildman–Crippen LogP) is 5.05. The van der Waals surface area contributed by atoms with Gasteiger partial charge in [0.15, 0.2) is 0 Å². The maximum atomic E-state index is 9.60. The standard InChI is InChI=1S/C20H13Cl2N3O2/c21-14-4-1-10(7-15(14)22)16-5-6-17(26-16)19-12-3-2-11(24)8-18(12)27-20(25)13(19)9-23/h1-8,19H,24-25H2/t19-/m0/s1. The van der Waals surface area contributed by atoms with E-state index in [1.165, 1.54) is 0 Å². The molecule has 4 N–H and O–H groups in total. The quantitative estimate of drug-likeness (QED) is 0.589. The highest BCUT2D eigenvalue weighted by Crippen LogP contribution is 2.44. The third-order valence-electron chi connectivity index (χ3n) is 4.36. The zero-order valence-corrected chi connectivity index (χ0v) is 15.4. The Balaban J connectivity index is 1.82. The maximum absolute atomic E-state index is 9.60. The third-order valence-corrected chi connectivity index (χ3v) is 5.10. The molecule has 0 aliphatic carbocycles. The summed E-state index contributed by atoms with van der Waals surface area (Å²) in [5.41, 5.74) is 14.1. The summed E-state index contributed by atoms with van der Waals surface area (Å²) < 4.78 is 11.6. The molecule has 0 unspecified atom stereocenters. The fourth-order valence-electron chi connectivity index (χ4n) is 3.08. The number of benzene rings is 2. The number of rotatable bonds is 2. The van der Waals surface area contributed by atoms with Crippen molar-refractivity contribution in [2.24, 2.45) is 5.73 Å². The van der Waals surface area contributed by atoms with Crippen molar-refractivity contribution in [1.29, 1.82) is 5.26 Å². The van der Waals surface area contributed by atoms with E-state index in [1.54, 1.807) is 36.4 Å². The first-order valence-corrected chi connectivity index (χ1v) is 8.75. The number of ether oxygens (including phenoxy) is 1. The van der Waals surface area contributed by atoms with Crippen LogP contribution in [0.4, 0.5) is 5.69 Å². The number of halogens is 2. The molecule has 1 atom stereocenters. The number of anilines is 1. The Kier molecular flexibility index (Phi) is 4.23. The van der Waals surface area contributed by atoms with E-state index in [1.807, 2.05) is 12.1 Å². The zero-order chi connectivity index (χ0) is 19.1. The number of allylic oxidation sites excluding steroid dienone is 1. The van der Waals surface area contributed by atoms with Gasteiger partial charge in [0.2, 0.25) is 5.88 Å². The number of nitrogens with zero attached hydrogens (tertiary/aromatic N) is 1. The molecule has 2 heterocycles. The van der Waals surface area contributed by atoms with Crippen molar-refractivity contribution in [1.82, 2.24) is 0 Å². The van der Waals surface area contributed by atoms with Crippen LogP contribution in [0.1, 0.15) is 17.2 Å². The van der Waals surface area contributed by atoms with Crippen LogP contribution in [0.2, 0.25) is 10.0 Å². The van der Waals surface area contributed by atoms with Gasteiger partial charge in [0, 0.05) is 22.9 Å². The van der Waals surface area contributed by atoms with Gasteiger partial charge in [-0.05, 0) is 36.4 Å². The molecule has 0 fully saturated rings. The van der Waals surface area contributed by atoms with Gasteiger partial charge in [-0.15, -0.1) is 0 Å². The van der Waals surface area contributed by atoms with Crippen molar-refractivity contribution in [2.75, 3.05) is 5.73 Å². The van der Waals surface area contributed by atoms with Gasteiger partial charge in [0.05, 0.1) is 16.0 Å². The summed E-state index contributed by atoms with van der Waals surface area (Å²) in [5.74, 6) is 1.21. The fraction of sp³-hybridized carbons (Fsp3) is 0.0500. The smallest absolute Gasteiger partial charge is 0.205 e. The lowest BCUT2D eigenvalue weighted by Crippen LogP contribution is -2.20. The second-order valence-electron chi connectivity index (χ2n) is 6.05. The Morgan fingerprint density at radius 2 is 1.78 bits per heavy atom. The number of hydrogen-bond acceptors (Lipinski definition) is 5. The second-order valence-corrected chi connectivity index (χ2v) is 6.87. The molecule has 0 amide bonds. The van der Waals surface area contributed by atoms with E-state index in [-0.39, 0.29) is 11.5 Å². The second kappa shape index (κ2) is 6.58. The molecule has 0 spiro atoms. The molecule has 1 aliphatic rings. The lowest BCUT2D eigenvalue weighted by atomic mass is 9.87. The first-order chi connectivity index (χ1) is 13.0. The van der Waals surface area contributed by atoms with Crippen LogP contribution in [0.5, 0.6) is 5.75 Å². The molecule has 1 aliphatic heterocycles. The van der Waals surface area contributed by atoms with Crippen LogP contribution < -0.4 is 16.2 Å². The summed E-state index contributed by atoms with van der Waals surface area (Å²) in [6.07, 6.45) is 0. The Morgan fingerprint density at radius 1 is 0.963 bits per heavy atom. The summed E-state index contributed by atoms with van der Waals surface area (Å²) in [6.45, 7) is 0. The number of hydrogen-bond donors (Lipinski definition) is 2. The fourth-order valence-corrected chi connectivity index (χ4v) is 3.37. The Hall–Kier alpha value is -3.07. The van der Waals surface area contributed by atoms with E-state index >= 15 is 0 Å². The highest BCUT2D eigenvalue weighted by molar-refractivity contribution is 6.42. The largest absolute Gasteiger partial charge is 0.460 e. The van der Waals surface area contributed by atoms with Gasteiger partial charge in [-0.3, -0.25) is 0 Å². The van der Waals surface area contributed by atoms with Gasteiger partial charge in [-0.25, -0.2) is 0 Å². The van der Waals surface area contributed by atoms with Gasteiger partial charge in [0.1, 0.15) is 28.9 Å². The van der Waals surface area contributed by atoms with E-state index in [9.17, 15) is 5.26 Å². The number of fused-ring (bicyclic) bond motifs is 1. The maximum Gasteiger partial charge on any atom is 0.205 e. The van der Waals surface area contributed by atoms with Crippen LogP contribution in [-0.4, -0.2) is 0 Å². The van der Waals surface area contributed by atoms with Crippen LogP contribution in [0.25, 0.3) is 11.3 Å². The number of furan rings is 1. The van der Waals surface area contributed by atoms with Crippen LogP contribution in [0.3, 0.4) is 0 Å². The third kappa shape index (κ3) is 2.99. The summed E-state index contributed by atoms with van der Waals surface area (Å²) in [6, 6.07) is 16.2. The lowest BCUT2D eigenvalue weighted by Gasteiger charge is -2.24. The molecule has 5 nitrogen and oxygen atoms in total. The first-order valence-electron chi connectivity index (χ1n) is 8.00. The van der Waals surface area contributed by atoms with Gasteiger partial charge >= 0.3 is 0 Å². The van der Waals surface area contributed by atoms with Crippen molar-refractivity contribution in [3.8, 4) is 23.1 Å². The molecule has 3 aromatic rings. The monoisotopic (exact) mass is 397 g/mol. The molecule has 2 aromatic carbocycles. The molecule has 1 aromatic heterocycles. The highest BCUT2D eigenvalue weighted by Gasteiger charge is 2.33. The van der Waals surface area contributed by atoms with Gasteiger partial charge in [-0.1, -0.05) is 29.3 Å². The van der Waals surface area contributed by atoms with E-state index in [4.69, 9.17) is 43.8 Å². The summed E-state index contributed by atoms with van der Waals surface area (Å²) in [5, 5.41) is 10.5. The van der Waals surface area contributed by atoms with Crippen LogP contribution in [0.15, 0.2) is 64.4 Å². The Labute approximate surface area is 165 Å². The van der Waals surface area contributed by atoms with Gasteiger partial charge < -0.3 is 20.6 Å². The number of nitrogen functional groups attached to an aromatic ring is 1. The van der Waals surface area contributed by atoms with E-state index in [2.05, 4.69) is 6.07 Å². The summed E-state index contributed by atoms with van der Waals surface area (Å²) >= 11 is 12.1. The molecule has 0 saturated carbocycles. The van der Waals surface area contributed by atoms with Crippen molar-refractivity contribution in [3.05, 3.63) is 81.4 Å². The van der Waals surface area contributed by atoms with Crippen LogP contribution >= 0.6 is 23.2 Å². The highest BCUT2D eigenvalue weighted by atomic mass is 35.5. The molecule has 0 bridgehead atoms. The molecule has 27 heavy (non-hydrogen) atoms. The zero-order valence-electron chi connectivity index (χ0n) is 13.9. The molecule has 4 rings (SSSR count). The van der Waals surface area contributed by atoms with E-state index in [0.29, 0.717) is 33.0 Å². The van der Waals surface area contributed by atoms with Crippen LogP contribution in [-0.2, 0) is 0 Å². The van der Waals surface area contributed by atoms with Crippen molar-refractivity contribution >= 4 is 28.9 Å². The minimum absolute atomic E-state index is 0.0353. The van der Waals surface area contributed by atoms with Gasteiger partial charge in [-0.2, -0.15) is 5.26 Å². The van der Waals surface area contributed by atoms with E-state index < -0.39 is 5.92 Å². The van der Waals surface area contributed by atoms with Gasteiger partial charge in [0.25, 0.3) is 0 Å². The molecule has 0 saturated heterocycles. The van der Waals surface area contributed by atoms with Crippen molar-refractivity contribution in [2.45, 2.75) is 5.92 Å². The van der Waals surface area contributed by atoms with Crippen molar-refractivity contribution < 1.29 is 9.15 Å².